The second kappa shape index (κ2) is 8.51. The number of benzene rings is 7. The lowest BCUT2D eigenvalue weighted by Crippen LogP contribution is -1.88. The summed E-state index contributed by atoms with van der Waals surface area (Å²) < 4.78 is 14.3. The highest BCUT2D eigenvalue weighted by Gasteiger charge is 2.26. The van der Waals surface area contributed by atoms with Crippen molar-refractivity contribution in [1.29, 1.82) is 0 Å². The van der Waals surface area contributed by atoms with Crippen LogP contribution in [0.25, 0.3) is 77.2 Å². The lowest BCUT2D eigenvalue weighted by atomic mass is 9.87. The van der Waals surface area contributed by atoms with E-state index in [-0.39, 0.29) is 5.82 Å². The highest BCUT2D eigenvalue weighted by atomic mass is 19.1. The van der Waals surface area contributed by atoms with Gasteiger partial charge in [-0.25, -0.2) is 4.39 Å². The third kappa shape index (κ3) is 3.37. The van der Waals surface area contributed by atoms with Gasteiger partial charge in [-0.15, -0.1) is 0 Å². The third-order valence-electron chi connectivity index (χ3n) is 8.09. The Hall–Kier alpha value is -5.01. The van der Waals surface area contributed by atoms with Gasteiger partial charge in [0.05, 0.1) is 0 Å². The normalized spacial score (nSPS) is 11.7. The summed E-state index contributed by atoms with van der Waals surface area (Å²) in [6.07, 6.45) is 0. The fraction of sp³-hybridized carbons (Fsp3) is 0. The van der Waals surface area contributed by atoms with Crippen molar-refractivity contribution in [2.75, 3.05) is 0 Å². The molecule has 7 aromatic rings. The Kier molecular flexibility index (Phi) is 4.80. The molecule has 0 saturated heterocycles. The first-order valence-corrected chi connectivity index (χ1v) is 13.3. The van der Waals surface area contributed by atoms with E-state index in [1.165, 1.54) is 60.5 Å². The predicted molar refractivity (Wildman–Crippen MR) is 162 cm³/mol. The highest BCUT2D eigenvalue weighted by Crippen LogP contribution is 2.53. The molecule has 0 saturated carbocycles. The van der Waals surface area contributed by atoms with Gasteiger partial charge in [-0.05, 0) is 89.3 Å². The van der Waals surface area contributed by atoms with Gasteiger partial charge in [0.1, 0.15) is 5.82 Å². The topological polar surface area (TPSA) is 0 Å². The number of hydrogen-bond donors (Lipinski definition) is 0. The van der Waals surface area contributed by atoms with Crippen molar-refractivity contribution in [2.45, 2.75) is 0 Å². The van der Waals surface area contributed by atoms with Crippen molar-refractivity contribution in [3.05, 3.63) is 145 Å². The Balaban J connectivity index is 1.28. The van der Waals surface area contributed by atoms with E-state index in [0.29, 0.717) is 0 Å². The van der Waals surface area contributed by atoms with E-state index in [1.807, 2.05) is 12.1 Å². The summed E-state index contributed by atoms with van der Waals surface area (Å²) in [5.74, 6) is -0.199. The molecule has 0 atom stereocenters. The Morgan fingerprint density at radius 1 is 0.333 bits per heavy atom. The quantitative estimate of drug-likeness (QED) is 0.213. The molecule has 7 aromatic carbocycles. The zero-order chi connectivity index (χ0) is 25.9. The van der Waals surface area contributed by atoms with Gasteiger partial charge in [-0.2, -0.15) is 0 Å². The maximum Gasteiger partial charge on any atom is 0.123 e. The summed E-state index contributed by atoms with van der Waals surface area (Å²) in [4.78, 5) is 0. The van der Waals surface area contributed by atoms with Gasteiger partial charge in [0.2, 0.25) is 0 Å². The molecule has 0 bridgehead atoms. The zero-order valence-electron chi connectivity index (χ0n) is 21.2. The highest BCUT2D eigenvalue weighted by molar-refractivity contribution is 6.29. The lowest BCUT2D eigenvalue weighted by molar-refractivity contribution is 0.628. The van der Waals surface area contributed by atoms with E-state index in [0.717, 1.165) is 16.7 Å². The van der Waals surface area contributed by atoms with Crippen molar-refractivity contribution < 1.29 is 4.39 Å². The molecule has 0 aromatic heterocycles. The molecule has 0 spiro atoms. The molecule has 0 unspecified atom stereocenters. The van der Waals surface area contributed by atoms with E-state index in [1.54, 1.807) is 12.1 Å². The van der Waals surface area contributed by atoms with Crippen LogP contribution in [0.2, 0.25) is 0 Å². The first kappa shape index (κ1) is 22.0. The minimum Gasteiger partial charge on any atom is -0.207 e. The van der Waals surface area contributed by atoms with Crippen molar-refractivity contribution in [3.8, 4) is 55.6 Å². The number of rotatable bonds is 3. The summed E-state index contributed by atoms with van der Waals surface area (Å²) in [6, 6.07) is 48.4. The van der Waals surface area contributed by atoms with Crippen LogP contribution in [-0.4, -0.2) is 0 Å². The first-order chi connectivity index (χ1) is 19.3. The van der Waals surface area contributed by atoms with E-state index < -0.39 is 0 Å². The monoisotopic (exact) mass is 498 g/mol. The maximum atomic E-state index is 14.3. The van der Waals surface area contributed by atoms with E-state index in [9.17, 15) is 4.39 Å². The molecule has 0 nitrogen and oxygen atoms in total. The third-order valence-corrected chi connectivity index (χ3v) is 8.09. The molecule has 0 amide bonds. The second-order valence-corrected chi connectivity index (χ2v) is 10.2. The van der Waals surface area contributed by atoms with Crippen LogP contribution in [0.5, 0.6) is 0 Å². The summed E-state index contributed by atoms with van der Waals surface area (Å²) in [6.45, 7) is 0. The van der Waals surface area contributed by atoms with E-state index >= 15 is 0 Å². The molecule has 0 heterocycles. The van der Waals surface area contributed by atoms with Crippen molar-refractivity contribution in [1.82, 2.24) is 0 Å². The van der Waals surface area contributed by atoms with Gasteiger partial charge in [-0.3, -0.25) is 0 Å². The Morgan fingerprint density at radius 3 is 1.54 bits per heavy atom. The van der Waals surface area contributed by atoms with Crippen LogP contribution < -0.4 is 0 Å². The molecule has 0 radical (unpaired) electrons. The fourth-order valence-electron chi connectivity index (χ4n) is 6.32. The number of halogens is 1. The summed E-state index contributed by atoms with van der Waals surface area (Å²) in [7, 11) is 0. The average molecular weight is 499 g/mol. The Morgan fingerprint density at radius 2 is 0.872 bits per heavy atom. The predicted octanol–water partition coefficient (Wildman–Crippen LogP) is 10.8. The minimum atomic E-state index is -0.199. The SMILES string of the molecule is Fc1ccc2c(c1)-c1cccc3c(-c4ccc(-c5ccc(-c6ccccc6)cc5)cc4)c4ccccc4c-2c13. The standard InChI is InChI=1S/C38H23F/c39-29-21-22-33-35(23-29)32-11-6-12-34-36(30-9-4-5-10-31(30)37(33)38(32)34)28-19-17-27(18-20-28)26-15-13-25(14-16-26)24-7-2-1-3-8-24/h1-23H. The molecule has 8 rings (SSSR count). The van der Waals surface area contributed by atoms with Gasteiger partial charge in [0.15, 0.2) is 0 Å². The Labute approximate surface area is 226 Å². The van der Waals surface area contributed by atoms with Gasteiger partial charge in [-0.1, -0.05) is 127 Å². The minimum absolute atomic E-state index is 0.199. The largest absolute Gasteiger partial charge is 0.207 e. The van der Waals surface area contributed by atoms with Gasteiger partial charge in [0.25, 0.3) is 0 Å². The Bertz CT molecular complexity index is 2030. The van der Waals surface area contributed by atoms with Gasteiger partial charge < -0.3 is 0 Å². The molecule has 1 aliphatic carbocycles. The molecule has 0 fully saturated rings. The van der Waals surface area contributed by atoms with Crippen molar-refractivity contribution in [2.24, 2.45) is 0 Å². The van der Waals surface area contributed by atoms with E-state index in [2.05, 4.69) is 115 Å². The van der Waals surface area contributed by atoms with Crippen LogP contribution in [0.1, 0.15) is 0 Å². The lowest BCUT2D eigenvalue weighted by Gasteiger charge is -2.16. The smallest absolute Gasteiger partial charge is 0.123 e. The van der Waals surface area contributed by atoms with Crippen LogP contribution >= 0.6 is 0 Å². The fourth-order valence-corrected chi connectivity index (χ4v) is 6.32. The number of hydrogen-bond acceptors (Lipinski definition) is 0. The molecular formula is C38H23F. The van der Waals surface area contributed by atoms with Gasteiger partial charge in [0, 0.05) is 0 Å². The number of fused-ring (bicyclic) bond motifs is 5. The molecule has 0 aliphatic heterocycles. The van der Waals surface area contributed by atoms with Crippen molar-refractivity contribution >= 4 is 21.5 Å². The molecule has 1 heteroatoms. The van der Waals surface area contributed by atoms with Crippen LogP contribution in [0.15, 0.2) is 140 Å². The zero-order valence-corrected chi connectivity index (χ0v) is 21.2. The molecule has 0 N–H and O–H groups in total. The summed E-state index contributed by atoms with van der Waals surface area (Å²) in [5.41, 5.74) is 11.7. The van der Waals surface area contributed by atoms with Crippen LogP contribution in [0.4, 0.5) is 4.39 Å². The van der Waals surface area contributed by atoms with Crippen LogP contribution in [0.3, 0.4) is 0 Å². The van der Waals surface area contributed by atoms with Crippen molar-refractivity contribution in [3.63, 3.8) is 0 Å². The average Bonchev–Trinajstić information content (AvgIpc) is 3.33. The van der Waals surface area contributed by atoms with Crippen LogP contribution in [0, 0.1) is 5.82 Å². The molecule has 182 valence electrons. The summed E-state index contributed by atoms with van der Waals surface area (Å²) >= 11 is 0. The van der Waals surface area contributed by atoms with Gasteiger partial charge >= 0.3 is 0 Å². The molecular weight excluding hydrogens is 475 g/mol. The first-order valence-electron chi connectivity index (χ1n) is 13.3. The molecule has 1 aliphatic rings. The summed E-state index contributed by atoms with van der Waals surface area (Å²) in [5, 5.41) is 4.85. The molecule has 39 heavy (non-hydrogen) atoms. The maximum absolute atomic E-state index is 14.3. The van der Waals surface area contributed by atoms with Crippen LogP contribution in [-0.2, 0) is 0 Å². The second-order valence-electron chi connectivity index (χ2n) is 10.2. The van der Waals surface area contributed by atoms with E-state index in [4.69, 9.17) is 0 Å².